The van der Waals surface area contributed by atoms with Gasteiger partial charge in [0.2, 0.25) is 0 Å². The van der Waals surface area contributed by atoms with Crippen LogP contribution in [0.4, 0.5) is 0 Å². The molecule has 3 fully saturated rings. The number of aliphatic hydroxyl groups is 2. The van der Waals surface area contributed by atoms with E-state index in [1.807, 2.05) is 6.07 Å². The highest BCUT2D eigenvalue weighted by Gasteiger charge is 2.78. The molecule has 0 radical (unpaired) electrons. The molecule has 0 spiro atoms. The van der Waals surface area contributed by atoms with Crippen molar-refractivity contribution >= 4 is 38.1 Å². The van der Waals surface area contributed by atoms with Gasteiger partial charge in [-0.2, -0.15) is 0 Å². The van der Waals surface area contributed by atoms with Crippen molar-refractivity contribution in [3.8, 4) is 5.75 Å². The Morgan fingerprint density at radius 3 is 1.95 bits per heavy atom. The number of carbonyl (C=O) groups is 5. The molecule has 13 atom stereocenters. The Balaban J connectivity index is 1.45. The molecular formula is C58H77NO16Si. The van der Waals surface area contributed by atoms with Crippen molar-refractivity contribution in [2.45, 2.75) is 173 Å². The van der Waals surface area contributed by atoms with Crippen molar-refractivity contribution in [2.24, 2.45) is 16.7 Å². The summed E-state index contributed by atoms with van der Waals surface area (Å²) in [5.74, 6) is -4.74. The second-order valence-electron chi connectivity index (χ2n) is 21.4. The number of aliphatic hydroxyl groups excluding tert-OH is 1. The third-order valence-electron chi connectivity index (χ3n) is 16.8. The zero-order valence-corrected chi connectivity index (χ0v) is 46.7. The summed E-state index contributed by atoms with van der Waals surface area (Å²) in [4.78, 5) is 71.4. The van der Waals surface area contributed by atoms with E-state index in [4.69, 9.17) is 42.3 Å². The molecule has 1 heterocycles. The van der Waals surface area contributed by atoms with E-state index in [9.17, 15) is 29.4 Å². The standard InChI is InChI=1S/C58H77NO16Si/c1-12-67-38(8)71-47(42(33-68-41-29-23-18-24-30-41)59-52(63)39-25-19-16-20-26-39)54(65)72-43-32-58(66)51(73-53(64)40-27-21-17-22-28-40)49-56(11,50(62)48(70-36(6)60)46(35(43)5)55(58,9)10)44(75-76(13-2,14-3)15-4)31-45-57(49,34-69-45)74-37(7)61/h16-30,38,42-45,47-51,62,66H,12-15,31-34H2,1-11H3,(H,59,63)/t38?,42-,43+,44+,45-,47-,48-,49+,50+,51+,56-,57+,58-/m1/s1. The Morgan fingerprint density at radius 2 is 1.41 bits per heavy atom. The van der Waals surface area contributed by atoms with Gasteiger partial charge >= 0.3 is 23.9 Å². The molecule has 414 valence electrons. The molecule has 18 heteroatoms. The fraction of sp³-hybridized carbons (Fsp3) is 0.569. The first kappa shape index (κ1) is 58.2. The molecule has 1 saturated heterocycles. The van der Waals surface area contributed by atoms with E-state index >= 15 is 4.79 Å². The normalized spacial score (nSPS) is 29.8. The van der Waals surface area contributed by atoms with Crippen molar-refractivity contribution in [2.75, 3.05) is 19.8 Å². The molecule has 1 aliphatic heterocycles. The van der Waals surface area contributed by atoms with Crippen molar-refractivity contribution < 1.29 is 76.5 Å². The SMILES string of the molecule is CCOC(C)O[C@@H](C(=O)O[C@H]1C[C@@]2(O)[C@@H](OC(=O)c3ccccc3)[C@@H]3[C@]4(OC(C)=O)CO[C@@H]4C[C@H](O[Si](CC)(CC)CC)[C@@]3(C)[C@@H](O)[C@H](OC(C)=O)C(=C1C)C2(C)C)[C@@H](COc1ccccc1)NC(=O)c1ccccc1. The minimum absolute atomic E-state index is 0.135. The lowest BCUT2D eigenvalue weighted by Gasteiger charge is -2.70. The number of para-hydroxylation sites is 1. The molecule has 3 aromatic rings. The molecule has 2 saturated carbocycles. The molecule has 1 unspecified atom stereocenters. The highest BCUT2D eigenvalue weighted by atomic mass is 28.4. The molecule has 1 amide bonds. The molecule has 17 nitrogen and oxygen atoms in total. The summed E-state index contributed by atoms with van der Waals surface area (Å²) < 4.78 is 58.2. The van der Waals surface area contributed by atoms with Gasteiger partial charge in [-0.05, 0) is 86.4 Å². The molecule has 7 rings (SSSR count). The van der Waals surface area contributed by atoms with Crippen LogP contribution in [-0.2, 0) is 52.0 Å². The number of hydrogen-bond acceptors (Lipinski definition) is 16. The van der Waals surface area contributed by atoms with Gasteiger partial charge in [-0.25, -0.2) is 9.59 Å². The van der Waals surface area contributed by atoms with Gasteiger partial charge in [0.1, 0.15) is 48.4 Å². The molecule has 76 heavy (non-hydrogen) atoms. The third kappa shape index (κ3) is 11.1. The van der Waals surface area contributed by atoms with Crippen LogP contribution in [0.5, 0.6) is 5.75 Å². The third-order valence-corrected chi connectivity index (χ3v) is 21.5. The summed E-state index contributed by atoms with van der Waals surface area (Å²) >= 11 is 0. The molecule has 2 bridgehead atoms. The van der Waals surface area contributed by atoms with Gasteiger partial charge in [-0.15, -0.1) is 0 Å². The average molecular weight is 1070 g/mol. The number of fused-ring (bicyclic) bond motifs is 5. The van der Waals surface area contributed by atoms with Crippen LogP contribution in [0.1, 0.15) is 110 Å². The second-order valence-corrected chi connectivity index (χ2v) is 26.1. The largest absolute Gasteiger partial charge is 0.491 e. The lowest BCUT2D eigenvalue weighted by molar-refractivity contribution is -0.363. The zero-order chi connectivity index (χ0) is 55.4. The number of carbonyl (C=O) groups excluding carboxylic acids is 5. The molecule has 3 N–H and O–H groups in total. The average Bonchev–Trinajstić information content (AvgIpc) is 3.59. The van der Waals surface area contributed by atoms with Crippen molar-refractivity contribution in [1.29, 1.82) is 0 Å². The molecule has 0 aromatic heterocycles. The number of ether oxygens (including phenoxy) is 8. The first-order valence-corrected chi connectivity index (χ1v) is 29.1. The van der Waals surface area contributed by atoms with Gasteiger partial charge in [0, 0.05) is 49.7 Å². The Morgan fingerprint density at radius 1 is 0.816 bits per heavy atom. The van der Waals surface area contributed by atoms with Crippen LogP contribution < -0.4 is 10.1 Å². The van der Waals surface area contributed by atoms with E-state index < -0.39 is 128 Å². The van der Waals surface area contributed by atoms with E-state index in [0.29, 0.717) is 35.0 Å². The summed E-state index contributed by atoms with van der Waals surface area (Å²) in [5.41, 5.74) is -6.27. The highest BCUT2D eigenvalue weighted by molar-refractivity contribution is 6.73. The number of esters is 4. The Hall–Kier alpha value is -5.47. The lowest BCUT2D eigenvalue weighted by atomic mass is 9.44. The van der Waals surface area contributed by atoms with Gasteiger partial charge in [0.05, 0.1) is 24.2 Å². The van der Waals surface area contributed by atoms with Gasteiger partial charge < -0.3 is 57.9 Å². The van der Waals surface area contributed by atoms with E-state index in [1.54, 1.807) is 126 Å². The number of nitrogens with one attached hydrogen (secondary N) is 1. The number of rotatable bonds is 21. The van der Waals surface area contributed by atoms with Crippen molar-refractivity contribution in [1.82, 2.24) is 5.32 Å². The van der Waals surface area contributed by atoms with Crippen LogP contribution in [0.15, 0.2) is 102 Å². The Labute approximate surface area is 447 Å². The van der Waals surface area contributed by atoms with E-state index in [2.05, 4.69) is 26.1 Å². The van der Waals surface area contributed by atoms with E-state index in [1.165, 1.54) is 13.8 Å². The van der Waals surface area contributed by atoms with Crippen molar-refractivity contribution in [3.63, 3.8) is 0 Å². The monoisotopic (exact) mass is 1070 g/mol. The number of benzene rings is 3. The van der Waals surface area contributed by atoms with Crippen LogP contribution >= 0.6 is 0 Å². The summed E-state index contributed by atoms with van der Waals surface area (Å²) in [5, 5.41) is 31.0. The first-order chi connectivity index (χ1) is 36.1. The Kier molecular flexibility index (Phi) is 18.1. The maximum Gasteiger partial charge on any atom is 0.338 e. The summed E-state index contributed by atoms with van der Waals surface area (Å²) in [6.45, 7) is 18.5. The van der Waals surface area contributed by atoms with Crippen LogP contribution in [0.25, 0.3) is 0 Å². The number of hydrogen-bond donors (Lipinski definition) is 3. The second kappa shape index (κ2) is 23.6. The minimum Gasteiger partial charge on any atom is -0.491 e. The smallest absolute Gasteiger partial charge is 0.338 e. The fourth-order valence-corrected chi connectivity index (χ4v) is 15.4. The minimum atomic E-state index is -2.62. The van der Waals surface area contributed by atoms with Crippen LogP contribution in [0.2, 0.25) is 18.1 Å². The van der Waals surface area contributed by atoms with Gasteiger partial charge in [0.15, 0.2) is 32.4 Å². The zero-order valence-electron chi connectivity index (χ0n) is 45.7. The van der Waals surface area contributed by atoms with E-state index in [0.717, 1.165) is 0 Å². The maximum atomic E-state index is 15.4. The topological polar surface area (TPSA) is 221 Å². The molecule has 3 aromatic carbocycles. The fourth-order valence-electron chi connectivity index (χ4n) is 12.5. The highest BCUT2D eigenvalue weighted by Crippen LogP contribution is 2.66. The van der Waals surface area contributed by atoms with Crippen LogP contribution in [-0.4, -0.2) is 134 Å². The quantitative estimate of drug-likeness (QED) is 0.0306. The predicted molar refractivity (Wildman–Crippen MR) is 281 cm³/mol. The molecular weight excluding hydrogens is 995 g/mol. The van der Waals surface area contributed by atoms with Gasteiger partial charge in [-0.1, -0.05) is 96.1 Å². The number of amides is 1. The summed E-state index contributed by atoms with van der Waals surface area (Å²) in [7, 11) is -2.62. The Bertz CT molecular complexity index is 2550. The predicted octanol–water partition coefficient (Wildman–Crippen LogP) is 7.67. The van der Waals surface area contributed by atoms with E-state index in [-0.39, 0.29) is 37.4 Å². The lowest BCUT2D eigenvalue weighted by Crippen LogP contribution is -2.83. The maximum absolute atomic E-state index is 15.4. The van der Waals surface area contributed by atoms with Gasteiger partial charge in [-0.3, -0.25) is 14.4 Å². The van der Waals surface area contributed by atoms with Crippen LogP contribution in [0, 0.1) is 16.7 Å². The van der Waals surface area contributed by atoms with Gasteiger partial charge in [0.25, 0.3) is 5.91 Å². The first-order valence-electron chi connectivity index (χ1n) is 26.6. The summed E-state index contributed by atoms with van der Waals surface area (Å²) in [6, 6.07) is 26.3. The van der Waals surface area contributed by atoms with Crippen molar-refractivity contribution in [3.05, 3.63) is 113 Å². The molecule has 4 aliphatic rings. The molecule has 3 aliphatic carbocycles. The van der Waals surface area contributed by atoms with Crippen LogP contribution in [0.3, 0.4) is 0 Å². The summed E-state index contributed by atoms with van der Waals surface area (Å²) in [6.07, 6.45) is -11.1.